The van der Waals surface area contributed by atoms with E-state index in [0.29, 0.717) is 18.5 Å². The molecular formula is C10H18N2O2. The number of aliphatic hydroxyl groups excluding tert-OH is 1. The molecule has 0 amide bonds. The zero-order valence-electron chi connectivity index (χ0n) is 8.40. The monoisotopic (exact) mass is 198 g/mol. The molecule has 0 spiro atoms. The van der Waals surface area contributed by atoms with Crippen LogP contribution in [-0.4, -0.2) is 29.1 Å². The van der Waals surface area contributed by atoms with E-state index in [4.69, 9.17) is 21.7 Å². The first-order valence-corrected chi connectivity index (χ1v) is 4.47. The van der Waals surface area contributed by atoms with Crippen LogP contribution in [0.5, 0.6) is 0 Å². The van der Waals surface area contributed by atoms with Crippen LogP contribution in [0, 0.1) is 17.8 Å². The average Bonchev–Trinajstić information content (AvgIpc) is 2.15. The lowest BCUT2D eigenvalue weighted by Gasteiger charge is -2.10. The molecular weight excluding hydrogens is 180 g/mol. The summed E-state index contributed by atoms with van der Waals surface area (Å²) in [4.78, 5) is 0. The summed E-state index contributed by atoms with van der Waals surface area (Å²) >= 11 is 0. The smallest absolute Gasteiger partial charge is 0.175 e. The van der Waals surface area contributed by atoms with E-state index in [9.17, 15) is 0 Å². The second-order valence-electron chi connectivity index (χ2n) is 3.19. The van der Waals surface area contributed by atoms with Crippen molar-refractivity contribution in [1.82, 2.24) is 0 Å². The average molecular weight is 198 g/mol. The van der Waals surface area contributed by atoms with E-state index in [1.165, 1.54) is 0 Å². The molecule has 0 aliphatic heterocycles. The summed E-state index contributed by atoms with van der Waals surface area (Å²) in [6, 6.07) is -0.123. The van der Waals surface area contributed by atoms with Crippen LogP contribution in [-0.2, 0) is 0 Å². The third-order valence-corrected chi connectivity index (χ3v) is 1.87. The standard InChI is InChI=1S/C10H18N2O2/c1-7(8(2)10(13)14)4-3-5-9(12)6-11/h7,9-10,13-14H,2,5-6,11-12H2,1H3. The first-order chi connectivity index (χ1) is 6.49. The molecule has 0 aromatic carbocycles. The number of hydrogen-bond donors (Lipinski definition) is 4. The van der Waals surface area contributed by atoms with Gasteiger partial charge in [0.25, 0.3) is 0 Å². The third kappa shape index (κ3) is 5.00. The Morgan fingerprint density at radius 3 is 2.50 bits per heavy atom. The molecule has 4 heteroatoms. The predicted octanol–water partition coefficient (Wildman–Crippen LogP) is -0.831. The Morgan fingerprint density at radius 2 is 2.07 bits per heavy atom. The fraction of sp³-hybridized carbons (Fsp3) is 0.600. The zero-order chi connectivity index (χ0) is 11.1. The van der Waals surface area contributed by atoms with Crippen LogP contribution in [0.4, 0.5) is 0 Å². The molecule has 2 unspecified atom stereocenters. The second kappa shape index (κ2) is 6.57. The van der Waals surface area contributed by atoms with Gasteiger partial charge in [0, 0.05) is 24.9 Å². The summed E-state index contributed by atoms with van der Waals surface area (Å²) in [6.07, 6.45) is -1.00. The minimum atomic E-state index is -1.51. The van der Waals surface area contributed by atoms with E-state index in [1.54, 1.807) is 6.92 Å². The highest BCUT2D eigenvalue weighted by atomic mass is 16.5. The van der Waals surface area contributed by atoms with Gasteiger partial charge in [0.15, 0.2) is 6.29 Å². The molecule has 0 saturated carbocycles. The summed E-state index contributed by atoms with van der Waals surface area (Å²) in [6.45, 7) is 5.66. The Bertz CT molecular complexity index is 240. The Morgan fingerprint density at radius 1 is 1.50 bits per heavy atom. The van der Waals surface area contributed by atoms with Crippen molar-refractivity contribution in [2.24, 2.45) is 17.4 Å². The SMILES string of the molecule is C=C(C(O)O)C(C)C#CCC(N)CN. The van der Waals surface area contributed by atoms with E-state index >= 15 is 0 Å². The summed E-state index contributed by atoms with van der Waals surface area (Å²) in [5.74, 6) is 5.41. The van der Waals surface area contributed by atoms with Crippen LogP contribution < -0.4 is 11.5 Å². The molecule has 14 heavy (non-hydrogen) atoms. The van der Waals surface area contributed by atoms with Crippen LogP contribution in [0.2, 0.25) is 0 Å². The highest BCUT2D eigenvalue weighted by Crippen LogP contribution is 2.09. The predicted molar refractivity (Wildman–Crippen MR) is 56.0 cm³/mol. The number of rotatable bonds is 4. The fourth-order valence-electron chi connectivity index (χ4n) is 0.743. The van der Waals surface area contributed by atoms with Gasteiger partial charge >= 0.3 is 0 Å². The molecule has 0 rings (SSSR count). The van der Waals surface area contributed by atoms with Gasteiger partial charge in [0.1, 0.15) is 0 Å². The lowest BCUT2D eigenvalue weighted by molar-refractivity contribution is -0.0120. The van der Waals surface area contributed by atoms with Gasteiger partial charge in [-0.05, 0) is 12.5 Å². The summed E-state index contributed by atoms with van der Waals surface area (Å²) in [5, 5.41) is 17.6. The van der Waals surface area contributed by atoms with Crippen molar-refractivity contribution in [3.8, 4) is 11.8 Å². The normalized spacial score (nSPS) is 14.4. The van der Waals surface area contributed by atoms with Crippen molar-refractivity contribution in [3.05, 3.63) is 12.2 Å². The van der Waals surface area contributed by atoms with Gasteiger partial charge in [-0.1, -0.05) is 12.5 Å². The van der Waals surface area contributed by atoms with Crippen molar-refractivity contribution >= 4 is 0 Å². The van der Waals surface area contributed by atoms with E-state index in [1.807, 2.05) is 0 Å². The minimum absolute atomic E-state index is 0.123. The maximum atomic E-state index is 8.79. The molecule has 80 valence electrons. The molecule has 0 radical (unpaired) electrons. The fourth-order valence-corrected chi connectivity index (χ4v) is 0.743. The van der Waals surface area contributed by atoms with Gasteiger partial charge in [0.2, 0.25) is 0 Å². The molecule has 0 heterocycles. The van der Waals surface area contributed by atoms with Crippen molar-refractivity contribution in [2.45, 2.75) is 25.7 Å². The molecule has 0 fully saturated rings. The van der Waals surface area contributed by atoms with Gasteiger partial charge in [-0.2, -0.15) is 0 Å². The molecule has 0 aliphatic rings. The van der Waals surface area contributed by atoms with Crippen molar-refractivity contribution < 1.29 is 10.2 Å². The lowest BCUT2D eigenvalue weighted by atomic mass is 10.0. The maximum absolute atomic E-state index is 8.79. The Labute approximate surface area is 84.6 Å². The molecule has 0 bridgehead atoms. The molecule has 0 saturated heterocycles. The van der Waals surface area contributed by atoms with Crippen molar-refractivity contribution in [3.63, 3.8) is 0 Å². The Hall–Kier alpha value is -0.860. The summed E-state index contributed by atoms with van der Waals surface area (Å²) < 4.78 is 0. The van der Waals surface area contributed by atoms with E-state index in [0.717, 1.165) is 0 Å². The number of nitrogens with two attached hydrogens (primary N) is 2. The molecule has 4 nitrogen and oxygen atoms in total. The Balaban J connectivity index is 4.04. The van der Waals surface area contributed by atoms with Gasteiger partial charge in [0.05, 0.1) is 0 Å². The largest absolute Gasteiger partial charge is 0.365 e. The van der Waals surface area contributed by atoms with Crippen LogP contribution in [0.3, 0.4) is 0 Å². The summed E-state index contributed by atoms with van der Waals surface area (Å²) in [5.41, 5.74) is 11.1. The first kappa shape index (κ1) is 13.1. The number of hydrogen-bond acceptors (Lipinski definition) is 4. The lowest BCUT2D eigenvalue weighted by Crippen LogP contribution is -2.28. The van der Waals surface area contributed by atoms with Crippen molar-refractivity contribution in [2.75, 3.05) is 6.54 Å². The molecule has 0 aromatic heterocycles. The van der Waals surface area contributed by atoms with Gasteiger partial charge in [-0.3, -0.25) is 0 Å². The van der Waals surface area contributed by atoms with E-state index < -0.39 is 6.29 Å². The van der Waals surface area contributed by atoms with E-state index in [2.05, 4.69) is 18.4 Å². The topological polar surface area (TPSA) is 92.5 Å². The molecule has 6 N–H and O–H groups in total. The second-order valence-corrected chi connectivity index (χ2v) is 3.19. The molecule has 0 aliphatic carbocycles. The van der Waals surface area contributed by atoms with Crippen molar-refractivity contribution in [1.29, 1.82) is 0 Å². The third-order valence-electron chi connectivity index (χ3n) is 1.87. The van der Waals surface area contributed by atoms with Crippen LogP contribution in [0.25, 0.3) is 0 Å². The number of aliphatic hydroxyl groups is 2. The zero-order valence-corrected chi connectivity index (χ0v) is 8.40. The van der Waals surface area contributed by atoms with Gasteiger partial charge < -0.3 is 21.7 Å². The van der Waals surface area contributed by atoms with Crippen LogP contribution >= 0.6 is 0 Å². The molecule has 2 atom stereocenters. The summed E-state index contributed by atoms with van der Waals surface area (Å²) in [7, 11) is 0. The van der Waals surface area contributed by atoms with Crippen LogP contribution in [0.15, 0.2) is 12.2 Å². The van der Waals surface area contributed by atoms with E-state index in [-0.39, 0.29) is 12.0 Å². The molecule has 0 aromatic rings. The van der Waals surface area contributed by atoms with Gasteiger partial charge in [-0.15, -0.1) is 5.92 Å². The van der Waals surface area contributed by atoms with Gasteiger partial charge in [-0.25, -0.2) is 0 Å². The maximum Gasteiger partial charge on any atom is 0.175 e. The Kier molecular flexibility index (Phi) is 6.17. The highest BCUT2D eigenvalue weighted by Gasteiger charge is 2.09. The quantitative estimate of drug-likeness (QED) is 0.269. The highest BCUT2D eigenvalue weighted by molar-refractivity contribution is 5.17. The minimum Gasteiger partial charge on any atom is -0.365 e. The van der Waals surface area contributed by atoms with Crippen LogP contribution in [0.1, 0.15) is 13.3 Å². The first-order valence-electron chi connectivity index (χ1n) is 4.47.